The molecule has 106 valence electrons. The largest absolute Gasteiger partial charge is 0.369 e. The maximum Gasteiger partial charge on any atom is 0.144 e. The fourth-order valence-electron chi connectivity index (χ4n) is 2.49. The van der Waals surface area contributed by atoms with Crippen LogP contribution in [0.4, 0.5) is 5.82 Å². The number of pyridine rings is 1. The van der Waals surface area contributed by atoms with Crippen molar-refractivity contribution >= 4 is 5.82 Å². The number of hydrogen-bond acceptors (Lipinski definition) is 3. The highest BCUT2D eigenvalue weighted by Crippen LogP contribution is 2.21. The summed E-state index contributed by atoms with van der Waals surface area (Å²) < 4.78 is 0. The SMILES string of the molecule is CC(C)c1ccc(C#N)c(NCCC2=CCCCC2)n1. The molecule has 0 aromatic carbocycles. The van der Waals surface area contributed by atoms with Gasteiger partial charge < -0.3 is 5.32 Å². The smallest absolute Gasteiger partial charge is 0.144 e. The van der Waals surface area contributed by atoms with Gasteiger partial charge in [-0.15, -0.1) is 0 Å². The highest BCUT2D eigenvalue weighted by molar-refractivity contribution is 5.52. The van der Waals surface area contributed by atoms with Crippen molar-refractivity contribution in [2.75, 3.05) is 11.9 Å². The van der Waals surface area contributed by atoms with Gasteiger partial charge in [0, 0.05) is 12.2 Å². The van der Waals surface area contributed by atoms with E-state index in [1.54, 1.807) is 5.57 Å². The van der Waals surface area contributed by atoms with E-state index in [-0.39, 0.29) is 0 Å². The van der Waals surface area contributed by atoms with E-state index >= 15 is 0 Å². The molecule has 1 aromatic heterocycles. The third kappa shape index (κ3) is 3.84. The van der Waals surface area contributed by atoms with Gasteiger partial charge in [0.05, 0.1) is 5.56 Å². The van der Waals surface area contributed by atoms with Crippen LogP contribution in [0.15, 0.2) is 23.8 Å². The molecule has 3 heteroatoms. The first kappa shape index (κ1) is 14.6. The zero-order chi connectivity index (χ0) is 14.4. The number of nitrogens with one attached hydrogen (secondary N) is 1. The molecule has 0 saturated heterocycles. The highest BCUT2D eigenvalue weighted by atomic mass is 15.0. The van der Waals surface area contributed by atoms with Crippen LogP contribution in [0.25, 0.3) is 0 Å². The monoisotopic (exact) mass is 269 g/mol. The minimum atomic E-state index is 0.379. The van der Waals surface area contributed by atoms with Crippen LogP contribution in [0.1, 0.15) is 63.1 Å². The third-order valence-electron chi connectivity index (χ3n) is 3.75. The van der Waals surface area contributed by atoms with Crippen molar-refractivity contribution in [3.05, 3.63) is 35.0 Å². The van der Waals surface area contributed by atoms with Crippen LogP contribution in [0.5, 0.6) is 0 Å². The van der Waals surface area contributed by atoms with Crippen molar-refractivity contribution in [3.8, 4) is 6.07 Å². The van der Waals surface area contributed by atoms with Gasteiger partial charge in [0.1, 0.15) is 11.9 Å². The first-order chi connectivity index (χ1) is 9.70. The standard InChI is InChI=1S/C17H23N3/c1-13(2)16-9-8-15(12-18)17(20-16)19-11-10-14-6-4-3-5-7-14/h6,8-9,13H,3-5,7,10-11H2,1-2H3,(H,19,20). The summed E-state index contributed by atoms with van der Waals surface area (Å²) in [4.78, 5) is 4.57. The molecule has 1 aromatic rings. The lowest BCUT2D eigenvalue weighted by Crippen LogP contribution is -2.08. The average Bonchev–Trinajstić information content (AvgIpc) is 2.48. The third-order valence-corrected chi connectivity index (χ3v) is 3.75. The van der Waals surface area contributed by atoms with Gasteiger partial charge in [-0.05, 0) is 50.2 Å². The van der Waals surface area contributed by atoms with E-state index < -0.39 is 0 Å². The summed E-state index contributed by atoms with van der Waals surface area (Å²) in [7, 11) is 0. The van der Waals surface area contributed by atoms with E-state index in [4.69, 9.17) is 5.26 Å². The second kappa shape index (κ2) is 7.09. The van der Waals surface area contributed by atoms with Crippen LogP contribution < -0.4 is 5.32 Å². The summed E-state index contributed by atoms with van der Waals surface area (Å²) in [5, 5.41) is 12.5. The Balaban J connectivity index is 1.99. The Kier molecular flexibility index (Phi) is 5.17. The van der Waals surface area contributed by atoms with Crippen molar-refractivity contribution in [1.29, 1.82) is 5.26 Å². The second-order valence-electron chi connectivity index (χ2n) is 5.68. The van der Waals surface area contributed by atoms with Crippen LogP contribution in [-0.2, 0) is 0 Å². The van der Waals surface area contributed by atoms with Crippen LogP contribution in [0, 0.1) is 11.3 Å². The molecule has 1 heterocycles. The summed E-state index contributed by atoms with van der Waals surface area (Å²) in [6, 6.07) is 6.02. The van der Waals surface area contributed by atoms with E-state index in [1.165, 1.54) is 25.7 Å². The van der Waals surface area contributed by atoms with Gasteiger partial charge in [0.15, 0.2) is 0 Å². The van der Waals surface area contributed by atoms with E-state index in [0.29, 0.717) is 11.5 Å². The molecule has 0 saturated carbocycles. The highest BCUT2D eigenvalue weighted by Gasteiger charge is 2.08. The van der Waals surface area contributed by atoms with Gasteiger partial charge in [-0.2, -0.15) is 5.26 Å². The molecular formula is C17H23N3. The van der Waals surface area contributed by atoms with Crippen molar-refractivity contribution < 1.29 is 0 Å². The van der Waals surface area contributed by atoms with Crippen molar-refractivity contribution in [2.45, 2.75) is 51.9 Å². The number of hydrogen-bond donors (Lipinski definition) is 1. The lowest BCUT2D eigenvalue weighted by atomic mass is 9.97. The Morgan fingerprint density at radius 2 is 2.20 bits per heavy atom. The number of aromatic nitrogens is 1. The molecule has 0 spiro atoms. The Hall–Kier alpha value is -1.82. The molecule has 0 unspecified atom stereocenters. The van der Waals surface area contributed by atoms with Gasteiger partial charge in [0.25, 0.3) is 0 Å². The fourth-order valence-corrected chi connectivity index (χ4v) is 2.49. The maximum absolute atomic E-state index is 9.15. The van der Waals surface area contributed by atoms with Crippen molar-refractivity contribution in [2.24, 2.45) is 0 Å². The van der Waals surface area contributed by atoms with Gasteiger partial charge in [-0.1, -0.05) is 25.5 Å². The minimum Gasteiger partial charge on any atom is -0.369 e. The number of nitrogens with zero attached hydrogens (tertiary/aromatic N) is 2. The summed E-state index contributed by atoms with van der Waals surface area (Å²) >= 11 is 0. The Labute approximate surface area is 121 Å². The van der Waals surface area contributed by atoms with Crippen LogP contribution in [-0.4, -0.2) is 11.5 Å². The molecule has 1 N–H and O–H groups in total. The summed E-state index contributed by atoms with van der Waals surface area (Å²) in [6.45, 7) is 5.09. The molecule has 0 fully saturated rings. The molecule has 20 heavy (non-hydrogen) atoms. The predicted octanol–water partition coefficient (Wildman–Crippen LogP) is 4.38. The van der Waals surface area contributed by atoms with E-state index in [0.717, 1.165) is 24.5 Å². The van der Waals surface area contributed by atoms with Crippen LogP contribution in [0.2, 0.25) is 0 Å². The molecule has 0 aliphatic heterocycles. The molecule has 0 radical (unpaired) electrons. The van der Waals surface area contributed by atoms with Gasteiger partial charge >= 0.3 is 0 Å². The Morgan fingerprint density at radius 1 is 1.35 bits per heavy atom. The van der Waals surface area contributed by atoms with Crippen molar-refractivity contribution in [1.82, 2.24) is 4.98 Å². The van der Waals surface area contributed by atoms with Gasteiger partial charge in [-0.3, -0.25) is 0 Å². The average molecular weight is 269 g/mol. The number of nitriles is 1. The zero-order valence-electron chi connectivity index (χ0n) is 12.4. The van der Waals surface area contributed by atoms with Gasteiger partial charge in [-0.25, -0.2) is 4.98 Å². The fraction of sp³-hybridized carbons (Fsp3) is 0.529. The molecule has 3 nitrogen and oxygen atoms in total. The predicted molar refractivity (Wildman–Crippen MR) is 82.7 cm³/mol. The molecule has 1 aliphatic rings. The number of rotatable bonds is 5. The minimum absolute atomic E-state index is 0.379. The second-order valence-corrected chi connectivity index (χ2v) is 5.68. The Bertz CT molecular complexity index is 524. The molecule has 0 bridgehead atoms. The topological polar surface area (TPSA) is 48.7 Å². The zero-order valence-corrected chi connectivity index (χ0v) is 12.4. The molecule has 0 atom stereocenters. The summed E-state index contributed by atoms with van der Waals surface area (Å²) in [5.74, 6) is 1.11. The summed E-state index contributed by atoms with van der Waals surface area (Å²) in [6.07, 6.45) is 8.52. The lowest BCUT2D eigenvalue weighted by Gasteiger charge is -2.14. The number of allylic oxidation sites excluding steroid dienone is 1. The first-order valence-corrected chi connectivity index (χ1v) is 7.53. The molecule has 0 amide bonds. The molecular weight excluding hydrogens is 246 g/mol. The van der Waals surface area contributed by atoms with Crippen LogP contribution >= 0.6 is 0 Å². The number of anilines is 1. The van der Waals surface area contributed by atoms with E-state index in [2.05, 4.69) is 36.3 Å². The molecule has 2 rings (SSSR count). The maximum atomic E-state index is 9.15. The molecule has 1 aliphatic carbocycles. The van der Waals surface area contributed by atoms with Crippen molar-refractivity contribution in [3.63, 3.8) is 0 Å². The van der Waals surface area contributed by atoms with Gasteiger partial charge in [0.2, 0.25) is 0 Å². The van der Waals surface area contributed by atoms with E-state index in [1.807, 2.05) is 12.1 Å². The normalized spacial score (nSPS) is 14.8. The first-order valence-electron chi connectivity index (χ1n) is 7.53. The quantitative estimate of drug-likeness (QED) is 0.807. The lowest BCUT2D eigenvalue weighted by molar-refractivity contribution is 0.679. The van der Waals surface area contributed by atoms with Crippen LogP contribution in [0.3, 0.4) is 0 Å². The Morgan fingerprint density at radius 3 is 2.85 bits per heavy atom. The van der Waals surface area contributed by atoms with E-state index in [9.17, 15) is 0 Å². The summed E-state index contributed by atoms with van der Waals surface area (Å²) in [5.41, 5.74) is 3.21.